The monoisotopic (exact) mass is 271 g/mol. The number of hydrogen-bond acceptors (Lipinski definition) is 2. The van der Waals surface area contributed by atoms with Gasteiger partial charge in [0.05, 0.1) is 6.10 Å². The van der Waals surface area contributed by atoms with Gasteiger partial charge in [-0.25, -0.2) is 4.39 Å². The lowest BCUT2D eigenvalue weighted by Crippen LogP contribution is -2.16. The smallest absolute Gasteiger partial charge is 0.126 e. The summed E-state index contributed by atoms with van der Waals surface area (Å²) < 4.78 is 13.8. The van der Waals surface area contributed by atoms with Crippen LogP contribution in [0.5, 0.6) is 0 Å². The second-order valence-corrected chi connectivity index (χ2v) is 5.37. The van der Waals surface area contributed by atoms with Crippen molar-refractivity contribution < 1.29 is 9.50 Å². The molecular weight excluding hydrogens is 253 g/mol. The van der Waals surface area contributed by atoms with E-state index in [1.165, 1.54) is 11.6 Å². The molecule has 0 amide bonds. The zero-order valence-electron chi connectivity index (χ0n) is 11.7. The first-order chi connectivity index (χ1) is 9.58. The van der Waals surface area contributed by atoms with Crippen molar-refractivity contribution in [2.24, 2.45) is 0 Å². The third-order valence-electron chi connectivity index (χ3n) is 3.94. The van der Waals surface area contributed by atoms with Gasteiger partial charge in [-0.05, 0) is 49.6 Å². The van der Waals surface area contributed by atoms with Crippen LogP contribution in [0.3, 0.4) is 0 Å². The molecule has 2 aromatic rings. The number of para-hydroxylation sites is 1. The number of rotatable bonds is 2. The molecule has 0 aromatic heterocycles. The summed E-state index contributed by atoms with van der Waals surface area (Å²) in [5.74, 6) is -0.267. The number of nitrogens with zero attached hydrogens (tertiary/aromatic N) is 1. The first-order valence-corrected chi connectivity index (χ1v) is 6.91. The summed E-state index contributed by atoms with van der Waals surface area (Å²) in [6.45, 7) is 4.30. The third kappa shape index (κ3) is 2.08. The van der Waals surface area contributed by atoms with E-state index in [4.69, 9.17) is 0 Å². The van der Waals surface area contributed by atoms with Crippen LogP contribution in [0.1, 0.15) is 29.7 Å². The van der Waals surface area contributed by atoms with E-state index in [0.717, 1.165) is 24.3 Å². The first kappa shape index (κ1) is 13.1. The second kappa shape index (κ2) is 4.91. The van der Waals surface area contributed by atoms with Crippen molar-refractivity contribution in [1.29, 1.82) is 0 Å². The molecule has 0 saturated heterocycles. The van der Waals surface area contributed by atoms with Crippen LogP contribution in [0.2, 0.25) is 0 Å². The van der Waals surface area contributed by atoms with E-state index in [9.17, 15) is 9.50 Å². The molecule has 2 nitrogen and oxygen atoms in total. The van der Waals surface area contributed by atoms with Crippen LogP contribution in [0, 0.1) is 12.7 Å². The number of anilines is 2. The van der Waals surface area contributed by atoms with Gasteiger partial charge in [0.2, 0.25) is 0 Å². The fourth-order valence-electron chi connectivity index (χ4n) is 2.84. The van der Waals surface area contributed by atoms with Crippen molar-refractivity contribution in [3.8, 4) is 0 Å². The summed E-state index contributed by atoms with van der Waals surface area (Å²) in [7, 11) is 0. The highest BCUT2D eigenvalue weighted by Gasteiger charge is 2.24. The lowest BCUT2D eigenvalue weighted by atomic mass is 10.0. The van der Waals surface area contributed by atoms with Crippen LogP contribution in [-0.2, 0) is 6.42 Å². The van der Waals surface area contributed by atoms with Gasteiger partial charge in [-0.1, -0.05) is 18.2 Å². The molecule has 0 spiro atoms. The van der Waals surface area contributed by atoms with Crippen molar-refractivity contribution in [3.05, 3.63) is 58.9 Å². The number of aryl methyl sites for hydroxylation is 1. The van der Waals surface area contributed by atoms with Gasteiger partial charge in [0, 0.05) is 23.5 Å². The zero-order valence-corrected chi connectivity index (χ0v) is 11.7. The van der Waals surface area contributed by atoms with Crippen molar-refractivity contribution in [1.82, 2.24) is 0 Å². The molecule has 1 aliphatic heterocycles. The predicted octanol–water partition coefficient (Wildman–Crippen LogP) is 3.88. The van der Waals surface area contributed by atoms with Crippen molar-refractivity contribution >= 4 is 11.4 Å². The standard InChI is InChI=1S/C17H18FNO/c1-11-9-17(14(12(2)20)10-15(11)18)19-8-7-13-5-3-4-6-16(13)19/h3-6,9-10,12,20H,7-8H2,1-2H3/t12-/m1/s1. The van der Waals surface area contributed by atoms with Crippen LogP contribution in [0.25, 0.3) is 0 Å². The SMILES string of the molecule is Cc1cc(N2CCc3ccccc32)c([C@@H](C)O)cc1F. The van der Waals surface area contributed by atoms with Crippen LogP contribution < -0.4 is 4.90 Å². The maximum atomic E-state index is 13.8. The average Bonchev–Trinajstić information content (AvgIpc) is 2.85. The average molecular weight is 271 g/mol. The lowest BCUT2D eigenvalue weighted by Gasteiger charge is -2.25. The number of fused-ring (bicyclic) bond motifs is 1. The molecule has 0 aliphatic carbocycles. The predicted molar refractivity (Wildman–Crippen MR) is 78.9 cm³/mol. The molecular formula is C17H18FNO. The molecule has 20 heavy (non-hydrogen) atoms. The van der Waals surface area contributed by atoms with Gasteiger partial charge in [-0.15, -0.1) is 0 Å². The maximum absolute atomic E-state index is 13.8. The zero-order chi connectivity index (χ0) is 14.3. The molecule has 1 atom stereocenters. The summed E-state index contributed by atoms with van der Waals surface area (Å²) in [6, 6.07) is 11.5. The van der Waals surface area contributed by atoms with Gasteiger partial charge in [0.15, 0.2) is 0 Å². The van der Waals surface area contributed by atoms with E-state index in [1.807, 2.05) is 18.2 Å². The van der Waals surface area contributed by atoms with E-state index >= 15 is 0 Å². The van der Waals surface area contributed by atoms with Gasteiger partial charge >= 0.3 is 0 Å². The Morgan fingerprint density at radius 2 is 1.95 bits per heavy atom. The van der Waals surface area contributed by atoms with E-state index in [0.29, 0.717) is 11.1 Å². The molecule has 0 bridgehead atoms. The minimum atomic E-state index is -0.687. The van der Waals surface area contributed by atoms with Gasteiger partial charge in [0.1, 0.15) is 5.82 Å². The normalized spacial score (nSPS) is 15.3. The van der Waals surface area contributed by atoms with E-state index < -0.39 is 6.10 Å². The Morgan fingerprint density at radius 3 is 2.70 bits per heavy atom. The Hall–Kier alpha value is -1.87. The minimum absolute atomic E-state index is 0.267. The molecule has 3 heteroatoms. The number of hydrogen-bond donors (Lipinski definition) is 1. The Kier molecular flexibility index (Phi) is 3.22. The Balaban J connectivity index is 2.14. The van der Waals surface area contributed by atoms with Gasteiger partial charge < -0.3 is 10.0 Å². The first-order valence-electron chi connectivity index (χ1n) is 6.91. The Morgan fingerprint density at radius 1 is 1.20 bits per heavy atom. The molecule has 0 saturated carbocycles. The second-order valence-electron chi connectivity index (χ2n) is 5.37. The summed E-state index contributed by atoms with van der Waals surface area (Å²) in [6.07, 6.45) is 0.291. The number of aliphatic hydroxyl groups is 1. The molecule has 1 N–H and O–H groups in total. The molecule has 2 aromatic carbocycles. The fourth-order valence-corrected chi connectivity index (χ4v) is 2.84. The van der Waals surface area contributed by atoms with Crippen LogP contribution in [0.15, 0.2) is 36.4 Å². The quantitative estimate of drug-likeness (QED) is 0.896. The third-order valence-corrected chi connectivity index (χ3v) is 3.94. The van der Waals surface area contributed by atoms with Gasteiger partial charge in [-0.2, -0.15) is 0 Å². The maximum Gasteiger partial charge on any atom is 0.126 e. The van der Waals surface area contributed by atoms with Gasteiger partial charge in [-0.3, -0.25) is 0 Å². The lowest BCUT2D eigenvalue weighted by molar-refractivity contribution is 0.199. The molecule has 1 heterocycles. The highest BCUT2D eigenvalue weighted by Crippen LogP contribution is 2.38. The number of benzene rings is 2. The van der Waals surface area contributed by atoms with Crippen molar-refractivity contribution in [2.75, 3.05) is 11.4 Å². The van der Waals surface area contributed by atoms with E-state index in [2.05, 4.69) is 17.0 Å². The Bertz CT molecular complexity index is 651. The van der Waals surface area contributed by atoms with Crippen molar-refractivity contribution in [3.63, 3.8) is 0 Å². The van der Waals surface area contributed by atoms with Gasteiger partial charge in [0.25, 0.3) is 0 Å². The van der Waals surface area contributed by atoms with Crippen LogP contribution in [-0.4, -0.2) is 11.7 Å². The van der Waals surface area contributed by atoms with Crippen LogP contribution in [0.4, 0.5) is 15.8 Å². The number of halogens is 1. The molecule has 3 rings (SSSR count). The minimum Gasteiger partial charge on any atom is -0.389 e. The Labute approximate surface area is 118 Å². The molecule has 0 fully saturated rings. The highest BCUT2D eigenvalue weighted by atomic mass is 19.1. The summed E-state index contributed by atoms with van der Waals surface area (Å²) >= 11 is 0. The number of aliphatic hydroxyl groups excluding tert-OH is 1. The topological polar surface area (TPSA) is 23.5 Å². The fraction of sp³-hybridized carbons (Fsp3) is 0.294. The molecule has 104 valence electrons. The van der Waals surface area contributed by atoms with E-state index in [-0.39, 0.29) is 5.82 Å². The highest BCUT2D eigenvalue weighted by molar-refractivity contribution is 5.72. The van der Waals surface area contributed by atoms with Crippen LogP contribution >= 0.6 is 0 Å². The molecule has 0 radical (unpaired) electrons. The van der Waals surface area contributed by atoms with E-state index in [1.54, 1.807) is 13.8 Å². The summed E-state index contributed by atoms with van der Waals surface area (Å²) in [5, 5.41) is 9.93. The molecule has 0 unspecified atom stereocenters. The largest absolute Gasteiger partial charge is 0.389 e. The summed E-state index contributed by atoms with van der Waals surface area (Å²) in [4.78, 5) is 2.17. The molecule has 1 aliphatic rings. The van der Waals surface area contributed by atoms with Crippen molar-refractivity contribution in [2.45, 2.75) is 26.4 Å². The summed E-state index contributed by atoms with van der Waals surface area (Å²) in [5.41, 5.74) is 4.61.